The van der Waals surface area contributed by atoms with E-state index in [2.05, 4.69) is 17.4 Å². The monoisotopic (exact) mass is 314 g/mol. The zero-order valence-electron chi connectivity index (χ0n) is 13.8. The number of rotatable bonds is 11. The Hall–Kier alpha value is -0.580. The van der Waals surface area contributed by atoms with Crippen LogP contribution in [0.4, 0.5) is 0 Å². The minimum Gasteiger partial charge on any atom is -0.271 e. The first-order chi connectivity index (χ1) is 10.1. The largest absolute Gasteiger partial charge is 0.271 e. The summed E-state index contributed by atoms with van der Waals surface area (Å²) in [6.45, 7) is 4.19. The zero-order valence-corrected chi connectivity index (χ0v) is 14.5. The average molecular weight is 315 g/mol. The molecular formula is C16H31ClN4. The highest BCUT2D eigenvalue weighted by molar-refractivity contribution is 6.31. The summed E-state index contributed by atoms with van der Waals surface area (Å²) in [7, 11) is 1.94. The first-order valence-electron chi connectivity index (χ1n) is 8.24. The number of hydrazine groups is 1. The minimum atomic E-state index is 0.271. The number of halogens is 1. The van der Waals surface area contributed by atoms with Gasteiger partial charge in [0, 0.05) is 19.5 Å². The number of nitrogens with zero attached hydrogens (tertiary/aromatic N) is 2. The van der Waals surface area contributed by atoms with Crippen molar-refractivity contribution < 1.29 is 0 Å². The molecule has 0 amide bonds. The molecule has 3 N–H and O–H groups in total. The molecule has 5 heteroatoms. The van der Waals surface area contributed by atoms with Crippen molar-refractivity contribution in [3.63, 3.8) is 0 Å². The van der Waals surface area contributed by atoms with Crippen LogP contribution in [-0.4, -0.2) is 15.8 Å². The maximum absolute atomic E-state index is 6.30. The average Bonchev–Trinajstić information content (AvgIpc) is 2.71. The Labute approximate surface area is 134 Å². The van der Waals surface area contributed by atoms with Gasteiger partial charge in [0.2, 0.25) is 0 Å². The van der Waals surface area contributed by atoms with E-state index >= 15 is 0 Å². The first kappa shape index (κ1) is 18.5. The van der Waals surface area contributed by atoms with E-state index in [0.717, 1.165) is 29.3 Å². The fourth-order valence-corrected chi connectivity index (χ4v) is 2.96. The molecular weight excluding hydrogens is 284 g/mol. The molecule has 0 saturated heterocycles. The normalized spacial score (nSPS) is 12.8. The molecule has 0 aliphatic carbocycles. The van der Waals surface area contributed by atoms with E-state index in [-0.39, 0.29) is 6.04 Å². The van der Waals surface area contributed by atoms with Gasteiger partial charge in [0.1, 0.15) is 0 Å². The van der Waals surface area contributed by atoms with E-state index in [1.165, 1.54) is 44.9 Å². The number of aromatic nitrogens is 2. The standard InChI is InChI=1S/C16H31ClN4/c1-4-5-6-7-8-9-10-11-14(19-18)12-15-16(17)13(2)20-21(15)3/h14,19H,4-12,18H2,1-3H3. The van der Waals surface area contributed by atoms with Crippen LogP contribution in [0, 0.1) is 6.92 Å². The lowest BCUT2D eigenvalue weighted by molar-refractivity contribution is 0.449. The maximum atomic E-state index is 6.30. The number of hydrogen-bond acceptors (Lipinski definition) is 3. The van der Waals surface area contributed by atoms with E-state index in [1.807, 2.05) is 18.7 Å². The summed E-state index contributed by atoms with van der Waals surface area (Å²) in [5, 5.41) is 5.13. The number of hydrogen-bond donors (Lipinski definition) is 2. The van der Waals surface area contributed by atoms with Crippen molar-refractivity contribution in [1.82, 2.24) is 15.2 Å². The van der Waals surface area contributed by atoms with Crippen LogP contribution in [0.1, 0.15) is 69.7 Å². The molecule has 1 atom stereocenters. The van der Waals surface area contributed by atoms with Gasteiger partial charge in [-0.2, -0.15) is 5.10 Å². The molecule has 1 aromatic heterocycles. The third-order valence-electron chi connectivity index (χ3n) is 4.09. The smallest absolute Gasteiger partial charge is 0.0847 e. The fourth-order valence-electron chi connectivity index (χ4n) is 2.73. The first-order valence-corrected chi connectivity index (χ1v) is 8.62. The Morgan fingerprint density at radius 2 is 1.81 bits per heavy atom. The molecule has 4 nitrogen and oxygen atoms in total. The van der Waals surface area contributed by atoms with Gasteiger partial charge < -0.3 is 0 Å². The fraction of sp³-hybridized carbons (Fsp3) is 0.812. The molecule has 0 spiro atoms. The highest BCUT2D eigenvalue weighted by Crippen LogP contribution is 2.22. The van der Waals surface area contributed by atoms with Gasteiger partial charge >= 0.3 is 0 Å². The molecule has 0 bridgehead atoms. The van der Waals surface area contributed by atoms with Crippen molar-refractivity contribution in [2.45, 2.75) is 77.7 Å². The van der Waals surface area contributed by atoms with Crippen molar-refractivity contribution in [3.05, 3.63) is 16.4 Å². The van der Waals surface area contributed by atoms with E-state index in [1.54, 1.807) is 0 Å². The van der Waals surface area contributed by atoms with Gasteiger partial charge in [-0.25, -0.2) is 0 Å². The van der Waals surface area contributed by atoms with Crippen molar-refractivity contribution >= 4 is 11.6 Å². The topological polar surface area (TPSA) is 55.9 Å². The molecule has 0 fully saturated rings. The summed E-state index contributed by atoms with van der Waals surface area (Å²) in [6, 6.07) is 0.271. The molecule has 1 aromatic rings. The molecule has 0 aliphatic rings. The third kappa shape index (κ3) is 6.37. The molecule has 1 rings (SSSR count). The summed E-state index contributed by atoms with van der Waals surface area (Å²) in [6.07, 6.45) is 11.2. The molecule has 0 saturated carbocycles. The molecule has 21 heavy (non-hydrogen) atoms. The highest BCUT2D eigenvalue weighted by Gasteiger charge is 2.16. The number of nitrogens with one attached hydrogen (secondary N) is 1. The van der Waals surface area contributed by atoms with Gasteiger partial charge in [-0.3, -0.25) is 16.0 Å². The van der Waals surface area contributed by atoms with Crippen LogP contribution in [0.15, 0.2) is 0 Å². The summed E-state index contributed by atoms with van der Waals surface area (Å²) in [4.78, 5) is 0. The predicted octanol–water partition coefficient (Wildman–Crippen LogP) is 3.90. The summed E-state index contributed by atoms with van der Waals surface area (Å²) in [5.74, 6) is 5.69. The predicted molar refractivity (Wildman–Crippen MR) is 90.4 cm³/mol. The lowest BCUT2D eigenvalue weighted by atomic mass is 10.0. The molecule has 0 aliphatic heterocycles. The van der Waals surface area contributed by atoms with Crippen molar-refractivity contribution in [2.75, 3.05) is 0 Å². The molecule has 1 heterocycles. The van der Waals surface area contributed by atoms with Gasteiger partial charge in [0.05, 0.1) is 16.4 Å². The van der Waals surface area contributed by atoms with Crippen LogP contribution in [0.2, 0.25) is 5.02 Å². The number of unbranched alkanes of at least 4 members (excludes halogenated alkanes) is 6. The SMILES string of the molecule is CCCCCCCCCC(Cc1c(Cl)c(C)nn1C)NN. The second-order valence-corrected chi connectivity index (χ2v) is 6.33. The van der Waals surface area contributed by atoms with Crippen molar-refractivity contribution in [3.8, 4) is 0 Å². The van der Waals surface area contributed by atoms with E-state index in [9.17, 15) is 0 Å². The molecule has 122 valence electrons. The summed E-state index contributed by atoms with van der Waals surface area (Å²) in [5.41, 5.74) is 4.88. The van der Waals surface area contributed by atoms with Crippen LogP contribution in [-0.2, 0) is 13.5 Å². The lowest BCUT2D eigenvalue weighted by Crippen LogP contribution is -2.37. The van der Waals surface area contributed by atoms with E-state index < -0.39 is 0 Å². The Kier molecular flexibility index (Phi) is 8.97. The molecule has 1 unspecified atom stereocenters. The van der Waals surface area contributed by atoms with E-state index in [4.69, 9.17) is 17.4 Å². The van der Waals surface area contributed by atoms with Crippen molar-refractivity contribution in [1.29, 1.82) is 0 Å². The van der Waals surface area contributed by atoms with Crippen LogP contribution in [0.25, 0.3) is 0 Å². The van der Waals surface area contributed by atoms with Gasteiger partial charge in [-0.15, -0.1) is 0 Å². The maximum Gasteiger partial charge on any atom is 0.0847 e. The minimum absolute atomic E-state index is 0.271. The second kappa shape index (κ2) is 10.2. The van der Waals surface area contributed by atoms with Crippen LogP contribution < -0.4 is 11.3 Å². The quantitative estimate of drug-likeness (QED) is 0.370. The van der Waals surface area contributed by atoms with Gasteiger partial charge in [-0.1, -0.05) is 63.5 Å². The van der Waals surface area contributed by atoms with Crippen molar-refractivity contribution in [2.24, 2.45) is 12.9 Å². The highest BCUT2D eigenvalue weighted by atomic mass is 35.5. The van der Waals surface area contributed by atoms with Gasteiger partial charge in [-0.05, 0) is 13.3 Å². The zero-order chi connectivity index (χ0) is 15.7. The third-order valence-corrected chi connectivity index (χ3v) is 4.58. The van der Waals surface area contributed by atoms with Crippen LogP contribution in [0.5, 0.6) is 0 Å². The van der Waals surface area contributed by atoms with E-state index in [0.29, 0.717) is 0 Å². The van der Waals surface area contributed by atoms with Crippen LogP contribution >= 0.6 is 11.6 Å². The summed E-state index contributed by atoms with van der Waals surface area (Å²) >= 11 is 6.30. The van der Waals surface area contributed by atoms with Crippen LogP contribution in [0.3, 0.4) is 0 Å². The number of aryl methyl sites for hydroxylation is 2. The number of nitrogens with two attached hydrogens (primary N) is 1. The van der Waals surface area contributed by atoms with Gasteiger partial charge in [0.25, 0.3) is 0 Å². The Morgan fingerprint density at radius 3 is 2.33 bits per heavy atom. The molecule has 0 radical (unpaired) electrons. The molecule has 0 aromatic carbocycles. The second-order valence-electron chi connectivity index (χ2n) is 5.95. The Bertz CT molecular complexity index is 403. The van der Waals surface area contributed by atoms with Gasteiger partial charge in [0.15, 0.2) is 0 Å². The lowest BCUT2D eigenvalue weighted by Gasteiger charge is -2.16. The Morgan fingerprint density at radius 1 is 1.19 bits per heavy atom. The Balaban J connectivity index is 2.29. The summed E-state index contributed by atoms with van der Waals surface area (Å²) < 4.78 is 1.87.